The van der Waals surface area contributed by atoms with Gasteiger partial charge >= 0.3 is 0 Å². The minimum absolute atomic E-state index is 0.302. The number of fused-ring (bicyclic) bond motifs is 1. The van der Waals surface area contributed by atoms with Crippen molar-refractivity contribution in [2.24, 2.45) is 0 Å². The molecule has 0 aliphatic carbocycles. The molecule has 2 aromatic rings. The molecule has 0 fully saturated rings. The Bertz CT molecular complexity index is 618. The van der Waals surface area contributed by atoms with E-state index in [1.165, 1.54) is 5.56 Å². The number of ether oxygens (including phenoxy) is 2. The zero-order chi connectivity index (χ0) is 13.2. The van der Waals surface area contributed by atoms with Gasteiger partial charge in [0.1, 0.15) is 0 Å². The number of nitrogens with two attached hydrogens (primary N) is 1. The maximum absolute atomic E-state index is 5.93. The Balaban J connectivity index is 1.72. The lowest BCUT2D eigenvalue weighted by Crippen LogP contribution is -1.92. The van der Waals surface area contributed by atoms with Gasteiger partial charge in [-0.15, -0.1) is 11.8 Å². The maximum Gasteiger partial charge on any atom is 0.231 e. The molecule has 0 amide bonds. The van der Waals surface area contributed by atoms with E-state index in [4.69, 9.17) is 26.8 Å². The molecule has 0 atom stereocenters. The van der Waals surface area contributed by atoms with Gasteiger partial charge in [0.2, 0.25) is 6.79 Å². The molecule has 0 saturated carbocycles. The summed E-state index contributed by atoms with van der Waals surface area (Å²) in [4.78, 5) is 1.03. The summed E-state index contributed by atoms with van der Waals surface area (Å²) in [6.07, 6.45) is 0. The van der Waals surface area contributed by atoms with Crippen LogP contribution in [-0.4, -0.2) is 6.79 Å². The number of rotatable bonds is 3. The molecule has 0 bridgehead atoms. The van der Waals surface area contributed by atoms with Crippen LogP contribution in [0.1, 0.15) is 5.56 Å². The zero-order valence-corrected chi connectivity index (χ0v) is 11.6. The third-order valence-corrected chi connectivity index (χ3v) is 4.20. The smallest absolute Gasteiger partial charge is 0.231 e. The Kier molecular flexibility index (Phi) is 3.44. The van der Waals surface area contributed by atoms with Crippen molar-refractivity contribution in [3.63, 3.8) is 0 Å². The van der Waals surface area contributed by atoms with Crippen LogP contribution in [0.3, 0.4) is 0 Å². The van der Waals surface area contributed by atoms with E-state index >= 15 is 0 Å². The summed E-state index contributed by atoms with van der Waals surface area (Å²) in [5, 5.41) is 0.657. The number of thioether (sulfide) groups is 1. The van der Waals surface area contributed by atoms with Gasteiger partial charge in [0.15, 0.2) is 11.5 Å². The lowest BCUT2D eigenvalue weighted by Gasteiger charge is -2.06. The molecular formula is C14H12ClNO2S. The van der Waals surface area contributed by atoms with Crippen molar-refractivity contribution in [2.45, 2.75) is 10.6 Å². The fourth-order valence-electron chi connectivity index (χ4n) is 1.84. The second-order valence-corrected chi connectivity index (χ2v) is 5.61. The van der Waals surface area contributed by atoms with E-state index in [1.807, 2.05) is 30.3 Å². The molecule has 0 saturated heterocycles. The molecule has 3 nitrogen and oxygen atoms in total. The Hall–Kier alpha value is -1.52. The molecule has 2 aromatic carbocycles. The molecule has 1 aliphatic rings. The van der Waals surface area contributed by atoms with Crippen LogP contribution in [0, 0.1) is 0 Å². The van der Waals surface area contributed by atoms with Gasteiger partial charge in [-0.25, -0.2) is 0 Å². The monoisotopic (exact) mass is 293 g/mol. The van der Waals surface area contributed by atoms with E-state index in [1.54, 1.807) is 17.8 Å². The average Bonchev–Trinajstić information content (AvgIpc) is 2.85. The number of hydrogen-bond acceptors (Lipinski definition) is 4. The Labute approximate surface area is 120 Å². The molecule has 0 unspecified atom stereocenters. The van der Waals surface area contributed by atoms with E-state index in [-0.39, 0.29) is 0 Å². The van der Waals surface area contributed by atoms with E-state index < -0.39 is 0 Å². The highest BCUT2D eigenvalue weighted by Crippen LogP contribution is 2.35. The van der Waals surface area contributed by atoms with Gasteiger partial charge in [-0.2, -0.15) is 0 Å². The zero-order valence-electron chi connectivity index (χ0n) is 10.1. The van der Waals surface area contributed by atoms with Gasteiger partial charge in [-0.1, -0.05) is 17.7 Å². The normalized spacial score (nSPS) is 12.7. The predicted molar refractivity (Wildman–Crippen MR) is 78.0 cm³/mol. The largest absolute Gasteiger partial charge is 0.454 e. The number of halogens is 1. The van der Waals surface area contributed by atoms with Crippen molar-refractivity contribution in [1.82, 2.24) is 0 Å². The highest BCUT2D eigenvalue weighted by molar-refractivity contribution is 7.98. The molecule has 0 aromatic heterocycles. The molecule has 5 heteroatoms. The lowest BCUT2D eigenvalue weighted by molar-refractivity contribution is 0.174. The number of hydrogen-bond donors (Lipinski definition) is 1. The standard InChI is InChI=1S/C14H12ClNO2S/c15-10-2-4-14(11(16)6-10)19-7-9-1-3-12-13(5-9)18-8-17-12/h1-6H,7-8,16H2. The summed E-state index contributed by atoms with van der Waals surface area (Å²) in [5.74, 6) is 2.43. The molecule has 0 spiro atoms. The number of benzene rings is 2. The molecule has 0 radical (unpaired) electrons. The minimum Gasteiger partial charge on any atom is -0.454 e. The Morgan fingerprint density at radius 2 is 1.95 bits per heavy atom. The molecule has 1 heterocycles. The average molecular weight is 294 g/mol. The molecular weight excluding hydrogens is 282 g/mol. The third-order valence-electron chi connectivity index (χ3n) is 2.80. The van der Waals surface area contributed by atoms with Crippen molar-refractivity contribution in [1.29, 1.82) is 0 Å². The summed E-state index contributed by atoms with van der Waals surface area (Å²) in [5.41, 5.74) is 7.80. The van der Waals surface area contributed by atoms with E-state index in [9.17, 15) is 0 Å². The predicted octanol–water partition coefficient (Wildman–Crippen LogP) is 3.94. The highest BCUT2D eigenvalue weighted by atomic mass is 35.5. The van der Waals surface area contributed by atoms with E-state index in [0.717, 1.165) is 22.1 Å². The van der Waals surface area contributed by atoms with E-state index in [0.29, 0.717) is 17.5 Å². The lowest BCUT2D eigenvalue weighted by atomic mass is 10.2. The molecule has 19 heavy (non-hydrogen) atoms. The van der Waals surface area contributed by atoms with Crippen LogP contribution in [0.5, 0.6) is 11.5 Å². The third kappa shape index (κ3) is 2.74. The summed E-state index contributed by atoms with van der Waals surface area (Å²) >= 11 is 7.55. The quantitative estimate of drug-likeness (QED) is 0.687. The topological polar surface area (TPSA) is 44.5 Å². The molecule has 2 N–H and O–H groups in total. The molecule has 98 valence electrons. The van der Waals surface area contributed by atoms with Crippen molar-refractivity contribution < 1.29 is 9.47 Å². The second-order valence-electron chi connectivity index (χ2n) is 4.16. The second kappa shape index (κ2) is 5.23. The van der Waals surface area contributed by atoms with Crippen LogP contribution in [0.15, 0.2) is 41.3 Å². The molecule has 1 aliphatic heterocycles. The maximum atomic E-state index is 5.93. The highest BCUT2D eigenvalue weighted by Gasteiger charge is 2.13. The van der Waals surface area contributed by atoms with Gasteiger partial charge < -0.3 is 15.2 Å². The van der Waals surface area contributed by atoms with Gasteiger partial charge in [0.05, 0.1) is 0 Å². The number of nitrogen functional groups attached to an aromatic ring is 1. The van der Waals surface area contributed by atoms with Gasteiger partial charge in [-0.05, 0) is 35.9 Å². The molecule has 3 rings (SSSR count). The van der Waals surface area contributed by atoms with Crippen molar-refractivity contribution >= 4 is 29.1 Å². The number of anilines is 1. The van der Waals surface area contributed by atoms with Crippen LogP contribution < -0.4 is 15.2 Å². The van der Waals surface area contributed by atoms with Crippen LogP contribution in [0.25, 0.3) is 0 Å². The SMILES string of the molecule is Nc1cc(Cl)ccc1SCc1ccc2c(c1)OCO2. The first-order chi connectivity index (χ1) is 9.22. The Morgan fingerprint density at radius 3 is 2.79 bits per heavy atom. The van der Waals surface area contributed by atoms with Crippen molar-refractivity contribution in [3.05, 3.63) is 47.0 Å². The van der Waals surface area contributed by atoms with Crippen LogP contribution in [0.2, 0.25) is 5.02 Å². The summed E-state index contributed by atoms with van der Waals surface area (Å²) in [7, 11) is 0. The van der Waals surface area contributed by atoms with Gasteiger partial charge in [-0.3, -0.25) is 0 Å². The van der Waals surface area contributed by atoms with Crippen LogP contribution in [0.4, 0.5) is 5.69 Å². The van der Waals surface area contributed by atoms with E-state index in [2.05, 4.69) is 0 Å². The minimum atomic E-state index is 0.302. The fourth-order valence-corrected chi connectivity index (χ4v) is 2.91. The van der Waals surface area contributed by atoms with Crippen molar-refractivity contribution in [2.75, 3.05) is 12.5 Å². The van der Waals surface area contributed by atoms with Crippen LogP contribution >= 0.6 is 23.4 Å². The first-order valence-electron chi connectivity index (χ1n) is 5.79. The van der Waals surface area contributed by atoms with Gasteiger partial charge in [0, 0.05) is 21.4 Å². The first kappa shape index (κ1) is 12.5. The first-order valence-corrected chi connectivity index (χ1v) is 7.15. The van der Waals surface area contributed by atoms with Crippen LogP contribution in [-0.2, 0) is 5.75 Å². The summed E-state index contributed by atoms with van der Waals surface area (Å²) < 4.78 is 10.6. The Morgan fingerprint density at radius 1 is 1.11 bits per heavy atom. The van der Waals surface area contributed by atoms with Gasteiger partial charge in [0.25, 0.3) is 0 Å². The van der Waals surface area contributed by atoms with Crippen molar-refractivity contribution in [3.8, 4) is 11.5 Å². The summed E-state index contributed by atoms with van der Waals surface area (Å²) in [6.45, 7) is 0.302. The fraction of sp³-hybridized carbons (Fsp3) is 0.143. The summed E-state index contributed by atoms with van der Waals surface area (Å²) in [6, 6.07) is 11.5.